The van der Waals surface area contributed by atoms with Crippen LogP contribution in [-0.2, 0) is 31.5 Å². The third kappa shape index (κ3) is 4.65. The van der Waals surface area contributed by atoms with Crippen molar-refractivity contribution in [1.29, 1.82) is 0 Å². The van der Waals surface area contributed by atoms with Gasteiger partial charge in [-0.2, -0.15) is 0 Å². The summed E-state index contributed by atoms with van der Waals surface area (Å²) >= 11 is 0. The number of ether oxygens (including phenoxy) is 1. The van der Waals surface area contributed by atoms with Crippen LogP contribution in [0.4, 0.5) is 22.0 Å². The van der Waals surface area contributed by atoms with Gasteiger partial charge in [-0.1, -0.05) is 12.5 Å². The summed E-state index contributed by atoms with van der Waals surface area (Å²) < 4.78 is 32.2. The third-order valence-corrected chi connectivity index (χ3v) is 9.60. The number of nitrogens with zero attached hydrogens (tertiary/aromatic N) is 4. The van der Waals surface area contributed by atoms with Gasteiger partial charge in [0.2, 0.25) is 10.0 Å². The van der Waals surface area contributed by atoms with Crippen LogP contribution in [0.2, 0.25) is 0 Å². The molecule has 1 saturated heterocycles. The number of anilines is 3. The van der Waals surface area contributed by atoms with Crippen LogP contribution in [-0.4, -0.2) is 67.8 Å². The van der Waals surface area contributed by atoms with Crippen molar-refractivity contribution in [3.8, 4) is 0 Å². The molecule has 0 radical (unpaired) electrons. The molecule has 3 aliphatic rings. The zero-order valence-corrected chi connectivity index (χ0v) is 24.3. The number of fused-ring (bicyclic) bond motifs is 2. The summed E-state index contributed by atoms with van der Waals surface area (Å²) in [7, 11) is -1.86. The van der Waals surface area contributed by atoms with Gasteiger partial charge < -0.3 is 15.0 Å². The summed E-state index contributed by atoms with van der Waals surface area (Å²) in [5, 5.41) is 3.26. The smallest absolute Gasteiger partial charge is 0.332 e. The molecule has 210 valence electrons. The summed E-state index contributed by atoms with van der Waals surface area (Å²) in [4.78, 5) is 34.4. The number of urea groups is 1. The van der Waals surface area contributed by atoms with Gasteiger partial charge in [0.15, 0.2) is 0 Å². The first kappa shape index (κ1) is 27.4. The van der Waals surface area contributed by atoms with E-state index >= 15 is 0 Å². The van der Waals surface area contributed by atoms with Gasteiger partial charge in [-0.15, -0.1) is 0 Å². The molecule has 5 rings (SSSR count). The Bertz CT molecular complexity index is 1430. The Morgan fingerprint density at radius 2 is 1.85 bits per heavy atom. The lowest BCUT2D eigenvalue weighted by atomic mass is 9.66. The molecule has 10 nitrogen and oxygen atoms in total. The maximum absolute atomic E-state index is 13.7. The van der Waals surface area contributed by atoms with E-state index in [1.807, 2.05) is 32.0 Å². The number of nitrogens with one attached hydrogen (secondary N) is 1. The lowest BCUT2D eigenvalue weighted by molar-refractivity contribution is -0.123. The molecule has 2 aromatic rings. The molecule has 2 aliphatic heterocycles. The maximum atomic E-state index is 13.7. The number of hydrogen-bond donors (Lipinski definition) is 1. The molecule has 3 heterocycles. The highest BCUT2D eigenvalue weighted by Gasteiger charge is 2.53. The largest absolute Gasteiger partial charge is 0.377 e. The molecular weight excluding hydrogens is 518 g/mol. The van der Waals surface area contributed by atoms with Crippen LogP contribution >= 0.6 is 0 Å². The van der Waals surface area contributed by atoms with Crippen LogP contribution in [0.15, 0.2) is 36.5 Å². The second-order valence-electron chi connectivity index (χ2n) is 12.0. The molecule has 1 N–H and O–H groups in total. The average molecular weight is 556 g/mol. The number of benzene rings is 1. The molecule has 1 aromatic carbocycles. The molecule has 1 spiro atoms. The summed E-state index contributed by atoms with van der Waals surface area (Å²) in [6, 6.07) is 8.59. The van der Waals surface area contributed by atoms with Crippen molar-refractivity contribution in [3.63, 3.8) is 0 Å². The number of pyridine rings is 1. The van der Waals surface area contributed by atoms with E-state index in [2.05, 4.69) is 10.3 Å². The van der Waals surface area contributed by atoms with Gasteiger partial charge in [0.05, 0.1) is 23.2 Å². The minimum absolute atomic E-state index is 0.174. The van der Waals surface area contributed by atoms with Crippen molar-refractivity contribution < 1.29 is 22.7 Å². The molecular formula is C28H37N5O5S. The Morgan fingerprint density at radius 3 is 2.46 bits per heavy atom. The van der Waals surface area contributed by atoms with Crippen molar-refractivity contribution in [2.24, 2.45) is 0 Å². The Balaban J connectivity index is 1.42. The lowest BCUT2D eigenvalue weighted by Gasteiger charge is -2.38. The number of carbonyl (C=O) groups is 2. The van der Waals surface area contributed by atoms with Gasteiger partial charge in [0, 0.05) is 38.4 Å². The fourth-order valence-electron chi connectivity index (χ4n) is 5.64. The van der Waals surface area contributed by atoms with Gasteiger partial charge in [-0.05, 0) is 75.9 Å². The van der Waals surface area contributed by atoms with Crippen LogP contribution in [0.5, 0.6) is 0 Å². The number of imide groups is 1. The van der Waals surface area contributed by atoms with Crippen LogP contribution < -0.4 is 14.5 Å². The minimum atomic E-state index is -3.51. The van der Waals surface area contributed by atoms with E-state index in [0.29, 0.717) is 30.3 Å². The van der Waals surface area contributed by atoms with E-state index in [4.69, 9.17) is 4.74 Å². The minimum Gasteiger partial charge on any atom is -0.377 e. The molecule has 39 heavy (non-hydrogen) atoms. The number of rotatable bonds is 8. The van der Waals surface area contributed by atoms with Gasteiger partial charge in [0.1, 0.15) is 11.4 Å². The first-order chi connectivity index (χ1) is 18.2. The first-order valence-electron chi connectivity index (χ1n) is 13.2. The average Bonchev–Trinajstić information content (AvgIpc) is 3.29. The van der Waals surface area contributed by atoms with E-state index in [9.17, 15) is 18.0 Å². The zero-order valence-electron chi connectivity index (χ0n) is 23.4. The second-order valence-corrected chi connectivity index (χ2v) is 13.9. The van der Waals surface area contributed by atoms with Gasteiger partial charge >= 0.3 is 6.03 Å². The van der Waals surface area contributed by atoms with Crippen LogP contribution in [0.1, 0.15) is 58.1 Å². The van der Waals surface area contributed by atoms with Gasteiger partial charge in [-0.3, -0.25) is 9.10 Å². The monoisotopic (exact) mass is 555 g/mol. The predicted molar refractivity (Wildman–Crippen MR) is 150 cm³/mol. The molecule has 1 aliphatic carbocycles. The van der Waals surface area contributed by atoms with Crippen molar-refractivity contribution in [3.05, 3.63) is 47.7 Å². The van der Waals surface area contributed by atoms with E-state index in [1.54, 1.807) is 44.2 Å². The predicted octanol–water partition coefficient (Wildman–Crippen LogP) is 3.87. The molecule has 0 atom stereocenters. The van der Waals surface area contributed by atoms with Crippen LogP contribution in [0.3, 0.4) is 0 Å². The fraction of sp³-hybridized carbons (Fsp3) is 0.536. The standard InChI is InChI=1S/C28H37N5O5S/c1-26(2,38-5)17-30-23-14-19(10-13-29-23)16-31-25(35)33(24(34)27(31,3)4)20-8-9-21-22(15-20)32(39(6,36)37)18-28(21)11-7-12-28/h8-10,13-15H,7,11-12,16-18H2,1-6H3,(H,29,30). The third-order valence-electron chi connectivity index (χ3n) is 8.47. The number of amides is 3. The highest BCUT2D eigenvalue weighted by atomic mass is 32.2. The number of aromatic nitrogens is 1. The number of hydrogen-bond acceptors (Lipinski definition) is 7. The number of sulfonamides is 1. The lowest BCUT2D eigenvalue weighted by Crippen LogP contribution is -2.43. The first-order valence-corrected chi connectivity index (χ1v) is 15.1. The van der Waals surface area contributed by atoms with Crippen molar-refractivity contribution in [1.82, 2.24) is 9.88 Å². The summed E-state index contributed by atoms with van der Waals surface area (Å²) in [5.41, 5.74) is 1.09. The van der Waals surface area contributed by atoms with Crippen LogP contribution in [0, 0.1) is 0 Å². The molecule has 11 heteroatoms. The van der Waals surface area contributed by atoms with E-state index < -0.39 is 21.6 Å². The van der Waals surface area contributed by atoms with Crippen molar-refractivity contribution in [2.45, 2.75) is 70.1 Å². The summed E-state index contributed by atoms with van der Waals surface area (Å²) in [6.07, 6.45) is 5.79. The molecule has 1 aromatic heterocycles. The normalized spacial score (nSPS) is 20.0. The van der Waals surface area contributed by atoms with Crippen molar-refractivity contribution >= 4 is 39.2 Å². The molecule has 0 bridgehead atoms. The van der Waals surface area contributed by atoms with E-state index in [0.717, 1.165) is 30.4 Å². The topological polar surface area (TPSA) is 112 Å². The Morgan fingerprint density at radius 1 is 1.13 bits per heavy atom. The Kier molecular flexibility index (Phi) is 6.46. The van der Waals surface area contributed by atoms with E-state index in [1.165, 1.54) is 15.5 Å². The second kappa shape index (κ2) is 9.19. The van der Waals surface area contributed by atoms with Gasteiger partial charge in [0.25, 0.3) is 5.91 Å². The molecule has 2 fully saturated rings. The molecule has 0 unspecified atom stereocenters. The molecule has 1 saturated carbocycles. The summed E-state index contributed by atoms with van der Waals surface area (Å²) in [5.74, 6) is 0.290. The summed E-state index contributed by atoms with van der Waals surface area (Å²) in [6.45, 7) is 8.56. The van der Waals surface area contributed by atoms with Crippen molar-refractivity contribution in [2.75, 3.05) is 41.0 Å². The maximum Gasteiger partial charge on any atom is 0.332 e. The Hall–Kier alpha value is -3.18. The van der Waals surface area contributed by atoms with Gasteiger partial charge in [-0.25, -0.2) is 23.1 Å². The SMILES string of the molecule is COC(C)(C)CNc1cc(CN2C(=O)N(c3ccc4c(c3)N(S(C)(=O)=O)CC43CCC3)C(=O)C2(C)C)ccn1. The number of carbonyl (C=O) groups excluding carboxylic acids is 2. The fourth-order valence-corrected chi connectivity index (χ4v) is 6.63. The number of methoxy groups -OCH3 is 1. The Labute approximate surface area is 230 Å². The molecule has 3 amide bonds. The van der Waals surface area contributed by atoms with Crippen LogP contribution in [0.25, 0.3) is 0 Å². The highest BCUT2D eigenvalue weighted by molar-refractivity contribution is 7.92. The zero-order chi connectivity index (χ0) is 28.4. The highest BCUT2D eigenvalue weighted by Crippen LogP contribution is 2.54. The van der Waals surface area contributed by atoms with E-state index in [-0.39, 0.29) is 23.5 Å². The quantitative estimate of drug-likeness (QED) is 0.492.